The molecular formula is C16H25N2O3+. The third-order valence-corrected chi connectivity index (χ3v) is 3.68. The van der Waals surface area contributed by atoms with Gasteiger partial charge in [0.25, 0.3) is 0 Å². The van der Waals surface area contributed by atoms with Crippen molar-refractivity contribution >= 4 is 11.6 Å². The molecule has 0 unspecified atom stereocenters. The van der Waals surface area contributed by atoms with Crippen LogP contribution in [0.15, 0.2) is 24.3 Å². The highest BCUT2D eigenvalue weighted by Gasteiger charge is 2.25. The average Bonchev–Trinajstić information content (AvgIpc) is 2.44. The van der Waals surface area contributed by atoms with Crippen molar-refractivity contribution in [3.05, 3.63) is 24.3 Å². The van der Waals surface area contributed by atoms with E-state index in [1.807, 2.05) is 24.3 Å². The summed E-state index contributed by atoms with van der Waals surface area (Å²) in [4.78, 5) is 13.5. The van der Waals surface area contributed by atoms with Gasteiger partial charge in [-0.05, 0) is 26.0 Å². The van der Waals surface area contributed by atoms with E-state index in [4.69, 9.17) is 9.47 Å². The molecule has 1 fully saturated rings. The molecule has 2 rings (SSSR count). The summed E-state index contributed by atoms with van der Waals surface area (Å²) in [5.74, 6) is 0.789. The Balaban J connectivity index is 1.79. The summed E-state index contributed by atoms with van der Waals surface area (Å²) < 4.78 is 10.9. The van der Waals surface area contributed by atoms with Crippen LogP contribution in [0.5, 0.6) is 5.75 Å². The van der Waals surface area contributed by atoms with E-state index in [1.54, 1.807) is 7.11 Å². The first-order valence-corrected chi connectivity index (χ1v) is 7.49. The van der Waals surface area contributed by atoms with Crippen LogP contribution in [0.1, 0.15) is 20.3 Å². The molecule has 1 aliphatic rings. The van der Waals surface area contributed by atoms with Gasteiger partial charge in [-0.25, -0.2) is 0 Å². The fraction of sp³-hybridized carbons (Fsp3) is 0.562. The normalized spacial score (nSPS) is 25.4. The number of rotatable bonds is 5. The Bertz CT molecular complexity index is 468. The summed E-state index contributed by atoms with van der Waals surface area (Å²) in [7, 11) is 1.62. The van der Waals surface area contributed by atoms with Crippen LogP contribution in [0.4, 0.5) is 5.69 Å². The van der Waals surface area contributed by atoms with E-state index in [1.165, 1.54) is 4.90 Å². The average molecular weight is 293 g/mol. The van der Waals surface area contributed by atoms with Gasteiger partial charge in [-0.3, -0.25) is 4.79 Å². The molecule has 5 nitrogen and oxygen atoms in total. The number of benzene rings is 1. The van der Waals surface area contributed by atoms with Crippen molar-refractivity contribution in [2.24, 2.45) is 0 Å². The molecule has 2 N–H and O–H groups in total. The maximum atomic E-state index is 12.0. The first kappa shape index (κ1) is 15.8. The molecule has 2 atom stereocenters. The zero-order chi connectivity index (χ0) is 15.2. The predicted octanol–water partition coefficient (Wildman–Crippen LogP) is 0.716. The summed E-state index contributed by atoms with van der Waals surface area (Å²) >= 11 is 0. The minimum Gasteiger partial charge on any atom is -0.497 e. The number of carbonyl (C=O) groups excluding carboxylic acids is 1. The molecule has 0 saturated carbocycles. The number of quaternary nitrogens is 1. The molecule has 1 amide bonds. The van der Waals surface area contributed by atoms with Crippen molar-refractivity contribution in [1.82, 2.24) is 0 Å². The van der Waals surface area contributed by atoms with Gasteiger partial charge in [0.15, 0.2) is 0 Å². The number of ether oxygens (including phenoxy) is 2. The lowest BCUT2D eigenvalue weighted by Crippen LogP contribution is -3.15. The Morgan fingerprint density at radius 2 is 2.10 bits per heavy atom. The van der Waals surface area contributed by atoms with Crippen LogP contribution in [-0.4, -0.2) is 44.9 Å². The lowest BCUT2D eigenvalue weighted by molar-refractivity contribution is -0.914. The second kappa shape index (κ2) is 7.43. The van der Waals surface area contributed by atoms with E-state index in [0.717, 1.165) is 31.1 Å². The monoisotopic (exact) mass is 293 g/mol. The van der Waals surface area contributed by atoms with Crippen molar-refractivity contribution in [1.29, 1.82) is 0 Å². The molecule has 5 heteroatoms. The maximum Gasteiger partial charge on any atom is 0.230 e. The molecule has 1 heterocycles. The van der Waals surface area contributed by atoms with Gasteiger partial charge in [-0.2, -0.15) is 0 Å². The number of nitrogens with one attached hydrogen (secondary N) is 2. The fourth-order valence-corrected chi connectivity index (χ4v) is 2.81. The number of morpholine rings is 1. The second-order valence-corrected chi connectivity index (χ2v) is 5.70. The molecule has 1 aromatic carbocycles. The maximum absolute atomic E-state index is 12.0. The number of hydrogen-bond acceptors (Lipinski definition) is 3. The standard InChI is InChI=1S/C16H24N2O3/c1-12-10-18(11-13(2)21-12)8-7-16(19)17-14-5-4-6-15(9-14)20-3/h4-6,9,12-13H,7-8,10-11H2,1-3H3,(H,17,19)/p+1/t12-,13-/m0/s1. The predicted molar refractivity (Wildman–Crippen MR) is 81.8 cm³/mol. The summed E-state index contributed by atoms with van der Waals surface area (Å²) in [5, 5.41) is 2.92. The van der Waals surface area contributed by atoms with Crippen LogP contribution in [0.2, 0.25) is 0 Å². The minimum absolute atomic E-state index is 0.0440. The molecule has 1 saturated heterocycles. The first-order chi connectivity index (χ1) is 10.1. The molecule has 1 aromatic rings. The molecular weight excluding hydrogens is 268 g/mol. The zero-order valence-corrected chi connectivity index (χ0v) is 13.0. The highest BCUT2D eigenvalue weighted by Crippen LogP contribution is 2.16. The largest absolute Gasteiger partial charge is 0.497 e. The lowest BCUT2D eigenvalue weighted by Gasteiger charge is -2.32. The van der Waals surface area contributed by atoms with E-state index in [-0.39, 0.29) is 18.1 Å². The van der Waals surface area contributed by atoms with Crippen LogP contribution in [-0.2, 0) is 9.53 Å². The van der Waals surface area contributed by atoms with Crippen molar-refractivity contribution in [2.45, 2.75) is 32.5 Å². The summed E-state index contributed by atoms with van der Waals surface area (Å²) in [6.45, 7) is 6.96. The lowest BCUT2D eigenvalue weighted by atomic mass is 10.2. The zero-order valence-electron chi connectivity index (χ0n) is 13.0. The Morgan fingerprint density at radius 1 is 1.38 bits per heavy atom. The van der Waals surface area contributed by atoms with Crippen LogP contribution < -0.4 is 15.0 Å². The van der Waals surface area contributed by atoms with Gasteiger partial charge in [0.05, 0.1) is 20.1 Å². The van der Waals surface area contributed by atoms with Crippen LogP contribution >= 0.6 is 0 Å². The van der Waals surface area contributed by atoms with E-state index in [9.17, 15) is 4.79 Å². The van der Waals surface area contributed by atoms with E-state index in [2.05, 4.69) is 19.2 Å². The van der Waals surface area contributed by atoms with Gasteiger partial charge in [0.1, 0.15) is 31.0 Å². The number of amides is 1. The third-order valence-electron chi connectivity index (χ3n) is 3.68. The quantitative estimate of drug-likeness (QED) is 0.841. The molecule has 0 aliphatic carbocycles. The van der Waals surface area contributed by atoms with Gasteiger partial charge in [-0.1, -0.05) is 6.07 Å². The topological polar surface area (TPSA) is 52.0 Å². The molecule has 0 bridgehead atoms. The van der Waals surface area contributed by atoms with Crippen LogP contribution in [0.3, 0.4) is 0 Å². The number of methoxy groups -OCH3 is 1. The number of carbonyl (C=O) groups is 1. The molecule has 0 aromatic heterocycles. The highest BCUT2D eigenvalue weighted by molar-refractivity contribution is 5.90. The van der Waals surface area contributed by atoms with Gasteiger partial charge in [0, 0.05) is 11.8 Å². The van der Waals surface area contributed by atoms with Crippen molar-refractivity contribution < 1.29 is 19.2 Å². The van der Waals surface area contributed by atoms with Gasteiger partial charge in [-0.15, -0.1) is 0 Å². The Labute approximate surface area is 126 Å². The first-order valence-electron chi connectivity index (χ1n) is 7.49. The molecule has 116 valence electrons. The smallest absolute Gasteiger partial charge is 0.230 e. The van der Waals surface area contributed by atoms with Gasteiger partial charge in [0.2, 0.25) is 5.91 Å². The Morgan fingerprint density at radius 3 is 2.76 bits per heavy atom. The van der Waals surface area contributed by atoms with Crippen LogP contribution in [0.25, 0.3) is 0 Å². The highest BCUT2D eigenvalue weighted by atomic mass is 16.5. The van der Waals surface area contributed by atoms with Crippen molar-refractivity contribution in [3.63, 3.8) is 0 Å². The molecule has 21 heavy (non-hydrogen) atoms. The van der Waals surface area contributed by atoms with Crippen molar-refractivity contribution in [2.75, 3.05) is 32.1 Å². The van der Waals surface area contributed by atoms with E-state index in [0.29, 0.717) is 6.42 Å². The summed E-state index contributed by atoms with van der Waals surface area (Å²) in [6, 6.07) is 7.41. The Hall–Kier alpha value is -1.59. The summed E-state index contributed by atoms with van der Waals surface area (Å²) in [5.41, 5.74) is 0.776. The fourth-order valence-electron chi connectivity index (χ4n) is 2.81. The second-order valence-electron chi connectivity index (χ2n) is 5.70. The Kier molecular flexibility index (Phi) is 5.59. The van der Waals surface area contributed by atoms with E-state index < -0.39 is 0 Å². The molecule has 1 aliphatic heterocycles. The minimum atomic E-state index is 0.0440. The summed E-state index contributed by atoms with van der Waals surface area (Å²) in [6.07, 6.45) is 1.06. The van der Waals surface area contributed by atoms with Gasteiger partial charge >= 0.3 is 0 Å². The van der Waals surface area contributed by atoms with Crippen LogP contribution in [0, 0.1) is 0 Å². The molecule has 0 spiro atoms. The molecule has 0 radical (unpaired) electrons. The van der Waals surface area contributed by atoms with Crippen molar-refractivity contribution in [3.8, 4) is 5.75 Å². The van der Waals surface area contributed by atoms with E-state index >= 15 is 0 Å². The SMILES string of the molecule is COc1cccc(NC(=O)CC[NH+]2C[C@H](C)O[C@@H](C)C2)c1. The number of hydrogen-bond donors (Lipinski definition) is 2. The number of anilines is 1. The third kappa shape index (κ3) is 5.02. The van der Waals surface area contributed by atoms with Gasteiger partial charge < -0.3 is 19.7 Å².